The zero-order valence-corrected chi connectivity index (χ0v) is 18.8. The van der Waals surface area contributed by atoms with Crippen LogP contribution in [0.1, 0.15) is 26.2 Å². The highest BCUT2D eigenvalue weighted by Crippen LogP contribution is 2.35. The molecule has 13 heteroatoms. The molecule has 1 saturated carbocycles. The Morgan fingerprint density at radius 3 is 2.26 bits per heavy atom. The number of hydrogen-bond acceptors (Lipinski definition) is 13. The second kappa shape index (κ2) is 11.1. The zero-order chi connectivity index (χ0) is 25.4. The van der Waals surface area contributed by atoms with Crippen LogP contribution < -0.4 is 5.32 Å². The van der Waals surface area contributed by atoms with Gasteiger partial charge in [0.2, 0.25) is 0 Å². The molecule has 0 amide bonds. The third-order valence-corrected chi connectivity index (χ3v) is 7.09. The third kappa shape index (κ3) is 5.32. The number of ether oxygens (including phenoxy) is 2. The maximum atomic E-state index is 11.1. The summed E-state index contributed by atoms with van der Waals surface area (Å²) in [4.78, 5) is 0. The molecule has 13 nitrogen and oxygen atoms in total. The van der Waals surface area contributed by atoms with E-state index in [1.165, 1.54) is 6.08 Å². The highest BCUT2D eigenvalue weighted by molar-refractivity contribution is 5.22. The van der Waals surface area contributed by atoms with Crippen molar-refractivity contribution in [3.05, 3.63) is 11.6 Å². The van der Waals surface area contributed by atoms with Gasteiger partial charge in [0.05, 0.1) is 37.6 Å². The predicted molar refractivity (Wildman–Crippen MR) is 113 cm³/mol. The van der Waals surface area contributed by atoms with Crippen LogP contribution >= 0.6 is 0 Å². The lowest BCUT2D eigenvalue weighted by molar-refractivity contribution is -0.312. The predicted octanol–water partition coefficient (Wildman–Crippen LogP) is -5.19. The summed E-state index contributed by atoms with van der Waals surface area (Å²) < 4.78 is 11.3. The lowest BCUT2D eigenvalue weighted by Crippen LogP contribution is -2.70. The lowest BCUT2D eigenvalue weighted by atomic mass is 9.75. The monoisotopic (exact) mass is 495 g/mol. The van der Waals surface area contributed by atoms with E-state index >= 15 is 0 Å². The van der Waals surface area contributed by atoms with E-state index in [0.29, 0.717) is 6.42 Å². The molecule has 2 aliphatic carbocycles. The molecule has 3 aliphatic rings. The van der Waals surface area contributed by atoms with Crippen molar-refractivity contribution < 1.29 is 60.5 Å². The summed E-state index contributed by atoms with van der Waals surface area (Å²) in [6, 6.07) is -2.16. The van der Waals surface area contributed by atoms with Gasteiger partial charge >= 0.3 is 0 Å². The van der Waals surface area contributed by atoms with Gasteiger partial charge in [0, 0.05) is 12.5 Å². The molecule has 0 aromatic heterocycles. The average Bonchev–Trinajstić information content (AvgIpc) is 2.82. The fourth-order valence-electron chi connectivity index (χ4n) is 4.96. The number of nitrogens with one attached hydrogen (secondary N) is 1. The molecular formula is C21H37NO12. The summed E-state index contributed by atoms with van der Waals surface area (Å²) in [5.41, 5.74) is -2.04. The molecule has 11 N–H and O–H groups in total. The van der Waals surface area contributed by atoms with Gasteiger partial charge in [0.25, 0.3) is 0 Å². The van der Waals surface area contributed by atoms with Crippen LogP contribution in [0, 0.1) is 0 Å². The van der Waals surface area contributed by atoms with E-state index < -0.39 is 92.1 Å². The minimum absolute atomic E-state index is 0.0421. The molecule has 198 valence electrons. The van der Waals surface area contributed by atoms with Gasteiger partial charge in [0.15, 0.2) is 6.29 Å². The van der Waals surface area contributed by atoms with E-state index in [1.54, 1.807) is 6.92 Å². The molecule has 0 radical (unpaired) electrons. The molecule has 0 spiro atoms. The molecule has 0 aromatic rings. The summed E-state index contributed by atoms with van der Waals surface area (Å²) in [6.45, 7) is 0.270. The number of rotatable bonds is 7. The second-order valence-corrected chi connectivity index (χ2v) is 9.43. The van der Waals surface area contributed by atoms with Crippen molar-refractivity contribution in [2.24, 2.45) is 0 Å². The topological polar surface area (TPSA) is 233 Å². The fraction of sp³-hybridized carbons (Fsp3) is 0.905. The fourth-order valence-corrected chi connectivity index (χ4v) is 4.96. The smallest absolute Gasteiger partial charge is 0.161 e. The van der Waals surface area contributed by atoms with Gasteiger partial charge in [0.1, 0.15) is 42.2 Å². The standard InChI is InChI=1S/C21H37NO12/c1-2-12-17(29)11(25)4-13(33-12)34-20-19(31)16(28)10(5-21(20,32)7-24)22-9-3-8(6-23)14(26)18(30)15(9)27/h3,9-20,22-32H,2,4-7H2,1H3. The first-order valence-electron chi connectivity index (χ1n) is 11.5. The Morgan fingerprint density at radius 2 is 1.68 bits per heavy atom. The van der Waals surface area contributed by atoms with Gasteiger partial charge in [-0.1, -0.05) is 13.0 Å². The Morgan fingerprint density at radius 1 is 1.00 bits per heavy atom. The summed E-state index contributed by atoms with van der Waals surface area (Å²) in [6.07, 6.45) is -12.5. The molecule has 0 aromatic carbocycles. The average molecular weight is 496 g/mol. The van der Waals surface area contributed by atoms with Crippen molar-refractivity contribution in [2.45, 2.75) is 105 Å². The van der Waals surface area contributed by atoms with E-state index in [4.69, 9.17) is 9.47 Å². The van der Waals surface area contributed by atoms with Gasteiger partial charge in [-0.25, -0.2) is 0 Å². The van der Waals surface area contributed by atoms with Gasteiger partial charge < -0.3 is 65.9 Å². The Hall–Kier alpha value is -0.780. The molecular weight excluding hydrogens is 458 g/mol. The van der Waals surface area contributed by atoms with Crippen molar-refractivity contribution in [3.63, 3.8) is 0 Å². The van der Waals surface area contributed by atoms with E-state index in [1.807, 2.05) is 0 Å². The van der Waals surface area contributed by atoms with Crippen molar-refractivity contribution >= 4 is 0 Å². The maximum Gasteiger partial charge on any atom is 0.161 e. The first-order chi connectivity index (χ1) is 16.0. The molecule has 13 unspecified atom stereocenters. The van der Waals surface area contributed by atoms with Crippen LogP contribution in [0.4, 0.5) is 0 Å². The van der Waals surface area contributed by atoms with Crippen molar-refractivity contribution in [3.8, 4) is 0 Å². The molecule has 1 heterocycles. The minimum Gasteiger partial charge on any atom is -0.393 e. The molecule has 0 bridgehead atoms. The van der Waals surface area contributed by atoms with Gasteiger partial charge in [-0.2, -0.15) is 0 Å². The molecule has 3 rings (SSSR count). The van der Waals surface area contributed by atoms with Crippen LogP contribution in [0.5, 0.6) is 0 Å². The largest absolute Gasteiger partial charge is 0.393 e. The summed E-state index contributed by atoms with van der Waals surface area (Å²) >= 11 is 0. The second-order valence-electron chi connectivity index (χ2n) is 9.43. The van der Waals surface area contributed by atoms with Gasteiger partial charge in [-0.05, 0) is 18.4 Å². The quantitative estimate of drug-likeness (QED) is 0.148. The van der Waals surface area contributed by atoms with E-state index in [9.17, 15) is 51.1 Å². The summed E-state index contributed by atoms with van der Waals surface area (Å²) in [5, 5.41) is 105. The van der Waals surface area contributed by atoms with Crippen molar-refractivity contribution in [1.29, 1.82) is 0 Å². The van der Waals surface area contributed by atoms with Crippen LogP contribution in [-0.4, -0.2) is 143 Å². The highest BCUT2D eigenvalue weighted by Gasteiger charge is 2.55. The maximum absolute atomic E-state index is 11.1. The van der Waals surface area contributed by atoms with Crippen LogP contribution in [0.2, 0.25) is 0 Å². The zero-order valence-electron chi connectivity index (χ0n) is 18.8. The Bertz CT molecular complexity index is 711. The molecule has 34 heavy (non-hydrogen) atoms. The summed E-state index contributed by atoms with van der Waals surface area (Å²) in [7, 11) is 0. The number of aliphatic hydroxyl groups excluding tert-OH is 9. The number of hydrogen-bond donors (Lipinski definition) is 11. The minimum atomic E-state index is -2.08. The van der Waals surface area contributed by atoms with Crippen LogP contribution in [0.3, 0.4) is 0 Å². The normalized spacial score (nSPS) is 50.1. The van der Waals surface area contributed by atoms with E-state index in [-0.39, 0.29) is 18.4 Å². The van der Waals surface area contributed by atoms with Gasteiger partial charge in [-0.3, -0.25) is 0 Å². The third-order valence-electron chi connectivity index (χ3n) is 7.09. The molecule has 1 aliphatic heterocycles. The van der Waals surface area contributed by atoms with E-state index in [2.05, 4.69) is 5.32 Å². The van der Waals surface area contributed by atoms with E-state index in [0.717, 1.165) is 0 Å². The number of aliphatic hydroxyl groups is 10. The van der Waals surface area contributed by atoms with Gasteiger partial charge in [-0.15, -0.1) is 0 Å². The molecule has 13 atom stereocenters. The highest BCUT2D eigenvalue weighted by atomic mass is 16.7. The SMILES string of the molecule is CCC1OC(OC2C(O)C(O)C(NC3C=C(CO)C(O)C(O)C3O)CC2(O)CO)CC(O)C1O. The first kappa shape index (κ1) is 27.8. The summed E-state index contributed by atoms with van der Waals surface area (Å²) in [5.74, 6) is 0. The van der Waals surface area contributed by atoms with Crippen molar-refractivity contribution in [1.82, 2.24) is 5.32 Å². The lowest BCUT2D eigenvalue weighted by Gasteiger charge is -2.50. The Labute approximate surface area is 196 Å². The Balaban J connectivity index is 1.76. The van der Waals surface area contributed by atoms with Crippen LogP contribution in [-0.2, 0) is 9.47 Å². The molecule has 2 fully saturated rings. The molecule has 1 saturated heterocycles. The Kier molecular flexibility index (Phi) is 9.07. The van der Waals surface area contributed by atoms with Crippen LogP contribution in [0.15, 0.2) is 11.6 Å². The first-order valence-corrected chi connectivity index (χ1v) is 11.5. The van der Waals surface area contributed by atoms with Crippen molar-refractivity contribution in [2.75, 3.05) is 13.2 Å². The van der Waals surface area contributed by atoms with Crippen LogP contribution in [0.25, 0.3) is 0 Å².